The zero-order valence-corrected chi connectivity index (χ0v) is 11.9. The van der Waals surface area contributed by atoms with Crippen molar-refractivity contribution in [3.8, 4) is 11.5 Å². The molecule has 0 radical (unpaired) electrons. The van der Waals surface area contributed by atoms with E-state index in [1.165, 1.54) is 5.57 Å². The molecule has 1 aromatic carbocycles. The Bertz CT molecular complexity index is 710. The molecular formula is C18H17NO2. The summed E-state index contributed by atoms with van der Waals surface area (Å²) in [5, 5.41) is 3.51. The van der Waals surface area contributed by atoms with Gasteiger partial charge in [0.2, 0.25) is 0 Å². The molecule has 0 aromatic heterocycles. The molecule has 3 heteroatoms. The van der Waals surface area contributed by atoms with Crippen molar-refractivity contribution in [2.75, 3.05) is 0 Å². The van der Waals surface area contributed by atoms with Crippen LogP contribution in [-0.2, 0) is 0 Å². The largest absolute Gasteiger partial charge is 0.452 e. The molecule has 1 atom stereocenters. The summed E-state index contributed by atoms with van der Waals surface area (Å²) < 4.78 is 12.0. The average Bonchev–Trinajstić information content (AvgIpc) is 2.54. The van der Waals surface area contributed by atoms with Crippen LogP contribution in [0.1, 0.15) is 19.8 Å². The Kier molecular flexibility index (Phi) is 2.85. The number of allylic oxidation sites excluding steroid dienone is 5. The molecule has 0 saturated heterocycles. The van der Waals surface area contributed by atoms with Crippen LogP contribution in [0.3, 0.4) is 0 Å². The fourth-order valence-electron chi connectivity index (χ4n) is 2.84. The number of hydrogen-bond acceptors (Lipinski definition) is 3. The number of nitrogens with one attached hydrogen (secondary N) is 1. The van der Waals surface area contributed by atoms with Gasteiger partial charge < -0.3 is 14.8 Å². The van der Waals surface area contributed by atoms with Crippen LogP contribution in [0, 0.1) is 0 Å². The van der Waals surface area contributed by atoms with Gasteiger partial charge >= 0.3 is 0 Å². The van der Waals surface area contributed by atoms with Crippen LogP contribution in [0.2, 0.25) is 0 Å². The van der Waals surface area contributed by atoms with Gasteiger partial charge in [0.05, 0.1) is 6.04 Å². The molecule has 2 aliphatic heterocycles. The van der Waals surface area contributed by atoms with Crippen LogP contribution >= 0.6 is 0 Å². The lowest BCUT2D eigenvalue weighted by Crippen LogP contribution is -2.36. The second kappa shape index (κ2) is 4.85. The number of para-hydroxylation sites is 2. The van der Waals surface area contributed by atoms with E-state index in [1.807, 2.05) is 24.3 Å². The maximum atomic E-state index is 6.02. The summed E-state index contributed by atoms with van der Waals surface area (Å²) >= 11 is 0. The fraction of sp³-hybridized carbons (Fsp3) is 0.222. The number of fused-ring (bicyclic) bond motifs is 1. The fourth-order valence-corrected chi connectivity index (χ4v) is 2.84. The van der Waals surface area contributed by atoms with E-state index >= 15 is 0 Å². The minimum absolute atomic E-state index is 0.0974. The Morgan fingerprint density at radius 3 is 2.71 bits per heavy atom. The van der Waals surface area contributed by atoms with Gasteiger partial charge in [0.1, 0.15) is 0 Å². The van der Waals surface area contributed by atoms with Crippen molar-refractivity contribution in [1.29, 1.82) is 0 Å². The number of dihydropyridines is 1. The number of ether oxygens (including phenoxy) is 2. The van der Waals surface area contributed by atoms with E-state index in [2.05, 4.69) is 36.5 Å². The summed E-state index contributed by atoms with van der Waals surface area (Å²) in [5.74, 6) is 3.22. The Hall–Kier alpha value is -2.42. The van der Waals surface area contributed by atoms with Gasteiger partial charge in [-0.1, -0.05) is 30.4 Å². The molecule has 4 rings (SSSR count). The van der Waals surface area contributed by atoms with Crippen molar-refractivity contribution in [2.24, 2.45) is 0 Å². The smallest absolute Gasteiger partial charge is 0.170 e. The summed E-state index contributed by atoms with van der Waals surface area (Å²) in [6.45, 7) is 2.10. The van der Waals surface area contributed by atoms with Crippen molar-refractivity contribution >= 4 is 0 Å². The molecule has 3 nitrogen and oxygen atoms in total. The van der Waals surface area contributed by atoms with Gasteiger partial charge in [-0.15, -0.1) is 0 Å². The summed E-state index contributed by atoms with van der Waals surface area (Å²) in [5.41, 5.74) is 2.45. The third-order valence-corrected chi connectivity index (χ3v) is 3.93. The summed E-state index contributed by atoms with van der Waals surface area (Å²) in [6.07, 6.45) is 10.7. The third kappa shape index (κ3) is 2.15. The first-order valence-corrected chi connectivity index (χ1v) is 7.34. The topological polar surface area (TPSA) is 30.5 Å². The Morgan fingerprint density at radius 2 is 1.95 bits per heavy atom. The number of benzene rings is 1. The van der Waals surface area contributed by atoms with Crippen molar-refractivity contribution in [3.63, 3.8) is 0 Å². The van der Waals surface area contributed by atoms with E-state index in [9.17, 15) is 0 Å². The minimum atomic E-state index is 0.0974. The lowest BCUT2D eigenvalue weighted by molar-refractivity contribution is 0.272. The molecule has 0 spiro atoms. The van der Waals surface area contributed by atoms with E-state index in [4.69, 9.17) is 9.47 Å². The molecular weight excluding hydrogens is 262 g/mol. The molecule has 1 N–H and O–H groups in total. The highest BCUT2D eigenvalue weighted by atomic mass is 16.6. The van der Waals surface area contributed by atoms with Crippen LogP contribution in [0.25, 0.3) is 0 Å². The molecule has 3 aliphatic rings. The van der Waals surface area contributed by atoms with E-state index in [1.54, 1.807) is 0 Å². The zero-order chi connectivity index (χ0) is 14.2. The monoisotopic (exact) mass is 279 g/mol. The van der Waals surface area contributed by atoms with Crippen LogP contribution in [0.4, 0.5) is 0 Å². The van der Waals surface area contributed by atoms with E-state index in [-0.39, 0.29) is 6.04 Å². The Labute approximate surface area is 124 Å². The van der Waals surface area contributed by atoms with E-state index < -0.39 is 0 Å². The Morgan fingerprint density at radius 1 is 1.14 bits per heavy atom. The van der Waals surface area contributed by atoms with Crippen molar-refractivity contribution in [3.05, 3.63) is 71.4 Å². The molecule has 106 valence electrons. The van der Waals surface area contributed by atoms with Gasteiger partial charge in [-0.05, 0) is 37.5 Å². The number of hydrogen-bond donors (Lipinski definition) is 1. The molecule has 0 amide bonds. The molecule has 0 fully saturated rings. The van der Waals surface area contributed by atoms with E-state index in [0.29, 0.717) is 0 Å². The quantitative estimate of drug-likeness (QED) is 0.847. The number of rotatable bonds is 1. The van der Waals surface area contributed by atoms with Gasteiger partial charge in [0, 0.05) is 11.8 Å². The van der Waals surface area contributed by atoms with Gasteiger partial charge in [-0.3, -0.25) is 0 Å². The normalized spacial score (nSPS) is 23.0. The first-order chi connectivity index (χ1) is 10.3. The molecule has 21 heavy (non-hydrogen) atoms. The molecule has 1 aliphatic carbocycles. The Balaban J connectivity index is 1.71. The maximum Gasteiger partial charge on any atom is 0.170 e. The first-order valence-electron chi connectivity index (χ1n) is 7.34. The lowest BCUT2D eigenvalue weighted by atomic mass is 9.98. The van der Waals surface area contributed by atoms with Gasteiger partial charge in [0.25, 0.3) is 0 Å². The van der Waals surface area contributed by atoms with Crippen molar-refractivity contribution in [2.45, 2.75) is 25.8 Å². The van der Waals surface area contributed by atoms with Gasteiger partial charge in [-0.2, -0.15) is 0 Å². The first kappa shape index (κ1) is 12.3. The summed E-state index contributed by atoms with van der Waals surface area (Å²) in [4.78, 5) is 0. The second-order valence-electron chi connectivity index (χ2n) is 5.46. The molecule has 0 saturated carbocycles. The highest BCUT2D eigenvalue weighted by Gasteiger charge is 2.29. The zero-order valence-electron chi connectivity index (χ0n) is 11.9. The van der Waals surface area contributed by atoms with Crippen LogP contribution < -0.4 is 14.8 Å². The van der Waals surface area contributed by atoms with Crippen LogP contribution in [0.15, 0.2) is 71.4 Å². The average molecular weight is 279 g/mol. The predicted octanol–water partition coefficient (Wildman–Crippen LogP) is 3.82. The standard InChI is InChI=1S/C18H17NO2/c1-12-18-17(20-15-9-5-6-10-16(15)21-18)11-14(19-12)13-7-3-2-4-8-13/h2-3,5-7,9-12,19H,4,8H2,1H3. The van der Waals surface area contributed by atoms with Gasteiger partial charge in [-0.25, -0.2) is 0 Å². The highest BCUT2D eigenvalue weighted by Crippen LogP contribution is 2.38. The van der Waals surface area contributed by atoms with Gasteiger partial charge in [0.15, 0.2) is 23.0 Å². The molecule has 1 unspecified atom stereocenters. The van der Waals surface area contributed by atoms with Crippen LogP contribution in [0.5, 0.6) is 11.5 Å². The summed E-state index contributed by atoms with van der Waals surface area (Å²) in [7, 11) is 0. The third-order valence-electron chi connectivity index (χ3n) is 3.93. The molecule has 2 heterocycles. The SMILES string of the molecule is CC1NC(C2=CC=CCC2)=CC2=C1Oc1ccccc1O2. The molecule has 1 aromatic rings. The van der Waals surface area contributed by atoms with Crippen molar-refractivity contribution < 1.29 is 9.47 Å². The maximum absolute atomic E-state index is 6.02. The predicted molar refractivity (Wildman–Crippen MR) is 81.9 cm³/mol. The second-order valence-corrected chi connectivity index (χ2v) is 5.46. The lowest BCUT2D eigenvalue weighted by Gasteiger charge is -2.32. The highest BCUT2D eigenvalue weighted by molar-refractivity contribution is 5.50. The van der Waals surface area contributed by atoms with Crippen molar-refractivity contribution in [1.82, 2.24) is 5.32 Å². The van der Waals surface area contributed by atoms with E-state index in [0.717, 1.165) is 41.6 Å². The van der Waals surface area contributed by atoms with Crippen LogP contribution in [-0.4, -0.2) is 6.04 Å². The molecule has 0 bridgehead atoms. The summed E-state index contributed by atoms with van der Waals surface area (Å²) in [6, 6.07) is 7.87. The minimum Gasteiger partial charge on any atom is -0.452 e.